The molecule has 0 unspecified atom stereocenters. The fraction of sp³-hybridized carbons (Fsp3) is 0.796. The number of carboxylic acids is 2. The van der Waals surface area contributed by atoms with E-state index in [-0.39, 0.29) is 57.5 Å². The van der Waals surface area contributed by atoms with Crippen LogP contribution in [-0.2, 0) is 19.2 Å². The zero-order valence-electron chi connectivity index (χ0n) is 35.4. The van der Waals surface area contributed by atoms with Gasteiger partial charge in [-0.15, -0.1) is 0 Å². The van der Waals surface area contributed by atoms with Gasteiger partial charge in [0, 0.05) is 35.5 Å². The summed E-state index contributed by atoms with van der Waals surface area (Å²) in [6.45, 7) is 22.5. The van der Waals surface area contributed by atoms with Crippen molar-refractivity contribution < 1.29 is 29.4 Å². The van der Waals surface area contributed by atoms with E-state index < -0.39 is 28.2 Å². The average Bonchev–Trinajstić information content (AvgIpc) is 3.64. The highest BCUT2D eigenvalue weighted by molar-refractivity contribution is 5.88. The van der Waals surface area contributed by atoms with Crippen LogP contribution in [0.1, 0.15) is 165 Å². The van der Waals surface area contributed by atoms with Crippen LogP contribution in [0.25, 0.3) is 0 Å². The Labute approximate surface area is 330 Å². The van der Waals surface area contributed by atoms with Gasteiger partial charge in [0.25, 0.3) is 0 Å². The van der Waals surface area contributed by atoms with Gasteiger partial charge in [-0.3, -0.25) is 19.2 Å². The number of carboxylic acid groups (broad SMARTS) is 2. The highest BCUT2D eigenvalue weighted by Gasteiger charge is 2.73. The van der Waals surface area contributed by atoms with Crippen LogP contribution in [0.15, 0.2) is 34.9 Å². The lowest BCUT2D eigenvalue weighted by Crippen LogP contribution is -2.67. The van der Waals surface area contributed by atoms with Gasteiger partial charge in [0.05, 0.1) is 10.8 Å². The van der Waals surface area contributed by atoms with E-state index >= 15 is 0 Å². The van der Waals surface area contributed by atoms with Crippen LogP contribution >= 0.6 is 0 Å². The number of carbonyl (C=O) groups excluding carboxylic acids is 2. The highest BCUT2D eigenvalue weighted by atomic mass is 16.4. The number of rotatable bonds is 8. The summed E-state index contributed by atoms with van der Waals surface area (Å²) in [5.74, 6) is 0.323. The number of hydrogen-bond acceptors (Lipinski definition) is 4. The van der Waals surface area contributed by atoms with E-state index in [1.165, 1.54) is 11.1 Å². The molecule has 9 rings (SSSR count). The molecule has 0 aliphatic heterocycles. The van der Waals surface area contributed by atoms with E-state index in [2.05, 4.69) is 54.5 Å². The Morgan fingerprint density at radius 2 is 1.58 bits per heavy atom. The molecule has 302 valence electrons. The van der Waals surface area contributed by atoms with Crippen molar-refractivity contribution in [3.8, 4) is 0 Å². The minimum Gasteiger partial charge on any atom is -0.481 e. The second-order valence-electron chi connectivity index (χ2n) is 22.3. The van der Waals surface area contributed by atoms with Crippen LogP contribution in [0.4, 0.5) is 0 Å². The predicted octanol–water partition coefficient (Wildman–Crippen LogP) is 11.2. The molecular weight excluding hydrogens is 685 g/mol. The van der Waals surface area contributed by atoms with E-state index in [1.54, 1.807) is 11.1 Å². The van der Waals surface area contributed by atoms with Crippen LogP contribution in [0.3, 0.4) is 0 Å². The van der Waals surface area contributed by atoms with Crippen LogP contribution < -0.4 is 0 Å². The molecule has 0 aromatic rings. The summed E-state index contributed by atoms with van der Waals surface area (Å²) in [6.07, 6.45) is 15.7. The standard InChI is InChI=1S/C49H70O6/c1-28(2)35-27-47-21-17-38-44(7,18-10-19-45(38,8)41(52)53)39(47)24-31(35)25-48(47,42(54)55)26-32(50)23-30(4)46(9)20-15-29(3)49(46)22-16-34-33-11-14-40(51)43(5,6)36(33)12-13-37(34)49/h27-28,30-31,33,36,38-39H,3,10-26H2,1-2,4-9H3,(H,52,53)(H,54,55)/t30-,31-,33-,36-,38-,39-,44+,45-,46+,47+,48-,49+/m1/s1. The van der Waals surface area contributed by atoms with Crippen LogP contribution in [0.5, 0.6) is 0 Å². The Morgan fingerprint density at radius 1 is 0.855 bits per heavy atom. The Kier molecular flexibility index (Phi) is 8.94. The molecule has 0 radical (unpaired) electrons. The van der Waals surface area contributed by atoms with Crippen molar-refractivity contribution in [2.45, 2.75) is 165 Å². The van der Waals surface area contributed by atoms with Crippen molar-refractivity contribution in [3.63, 3.8) is 0 Å². The van der Waals surface area contributed by atoms with Gasteiger partial charge in [-0.1, -0.05) is 89.8 Å². The van der Waals surface area contributed by atoms with Crippen molar-refractivity contribution in [1.82, 2.24) is 0 Å². The summed E-state index contributed by atoms with van der Waals surface area (Å²) in [5, 5.41) is 22.1. The van der Waals surface area contributed by atoms with E-state index in [0.29, 0.717) is 62.1 Å². The van der Waals surface area contributed by atoms with Crippen LogP contribution in [-0.4, -0.2) is 33.7 Å². The fourth-order valence-corrected chi connectivity index (χ4v) is 17.0. The number of hydrogen-bond donors (Lipinski definition) is 2. The number of carbonyl (C=O) groups is 4. The van der Waals surface area contributed by atoms with Gasteiger partial charge in [-0.05, 0) is 143 Å². The topological polar surface area (TPSA) is 109 Å². The van der Waals surface area contributed by atoms with Crippen molar-refractivity contribution >= 4 is 23.5 Å². The largest absolute Gasteiger partial charge is 0.481 e. The van der Waals surface area contributed by atoms with Gasteiger partial charge < -0.3 is 10.2 Å². The lowest BCUT2D eigenvalue weighted by atomic mass is 9.32. The van der Waals surface area contributed by atoms with Crippen molar-refractivity contribution in [2.75, 3.05) is 0 Å². The molecule has 5 saturated carbocycles. The summed E-state index contributed by atoms with van der Waals surface area (Å²) in [4.78, 5) is 54.9. The Balaban J connectivity index is 1.11. The Morgan fingerprint density at radius 3 is 2.25 bits per heavy atom. The summed E-state index contributed by atoms with van der Waals surface area (Å²) >= 11 is 0. The maximum Gasteiger partial charge on any atom is 0.311 e. The van der Waals surface area contributed by atoms with E-state index in [9.17, 15) is 29.4 Å². The smallest absolute Gasteiger partial charge is 0.311 e. The predicted molar refractivity (Wildman–Crippen MR) is 215 cm³/mol. The third kappa shape index (κ3) is 4.90. The lowest BCUT2D eigenvalue weighted by molar-refractivity contribution is -0.216. The van der Waals surface area contributed by atoms with Gasteiger partial charge in [-0.2, -0.15) is 0 Å². The van der Waals surface area contributed by atoms with E-state index in [0.717, 1.165) is 64.2 Å². The van der Waals surface area contributed by atoms with E-state index in [1.807, 2.05) is 6.92 Å². The molecule has 0 amide bonds. The number of Topliss-reactive ketones (excluding diaryl/α,β-unsaturated/α-hetero) is 2. The van der Waals surface area contributed by atoms with Gasteiger partial charge in [0.2, 0.25) is 0 Å². The number of allylic oxidation sites excluding steroid dienone is 5. The minimum atomic E-state index is -1.19. The minimum absolute atomic E-state index is 0.00760. The van der Waals surface area contributed by atoms with Crippen LogP contribution in [0, 0.1) is 79.3 Å². The highest BCUT2D eigenvalue weighted by Crippen LogP contribution is 2.77. The van der Waals surface area contributed by atoms with Gasteiger partial charge in [-0.25, -0.2) is 0 Å². The molecule has 6 nitrogen and oxygen atoms in total. The molecule has 0 saturated heterocycles. The maximum absolute atomic E-state index is 14.9. The first-order valence-electron chi connectivity index (χ1n) is 22.3. The van der Waals surface area contributed by atoms with Crippen molar-refractivity contribution in [3.05, 3.63) is 34.9 Å². The summed E-state index contributed by atoms with van der Waals surface area (Å²) in [7, 11) is 0. The second kappa shape index (κ2) is 12.5. The van der Waals surface area contributed by atoms with E-state index in [4.69, 9.17) is 6.58 Å². The molecule has 0 aromatic carbocycles. The molecule has 2 spiro atoms. The zero-order valence-corrected chi connectivity index (χ0v) is 35.4. The molecule has 9 aliphatic carbocycles. The first-order chi connectivity index (χ1) is 25.7. The molecule has 55 heavy (non-hydrogen) atoms. The Hall–Kier alpha value is -2.50. The summed E-state index contributed by atoms with van der Waals surface area (Å²) < 4.78 is 0. The molecule has 9 aliphatic rings. The lowest BCUT2D eigenvalue weighted by Gasteiger charge is -2.70. The summed E-state index contributed by atoms with van der Waals surface area (Å²) in [5.41, 5.74) is 2.36. The first-order valence-corrected chi connectivity index (χ1v) is 22.3. The molecular formula is C49H70O6. The average molecular weight is 755 g/mol. The monoisotopic (exact) mass is 755 g/mol. The Bertz CT molecular complexity index is 1800. The molecule has 12 atom stereocenters. The second-order valence-corrected chi connectivity index (χ2v) is 22.3. The normalized spacial score (nSPS) is 46.2. The quantitative estimate of drug-likeness (QED) is 0.239. The van der Waals surface area contributed by atoms with Gasteiger partial charge in [0.15, 0.2) is 0 Å². The number of fused-ring (bicyclic) bond motifs is 5. The molecule has 2 N–H and O–H groups in total. The number of ketones is 2. The first kappa shape index (κ1) is 39.3. The zero-order chi connectivity index (χ0) is 39.9. The molecule has 0 heterocycles. The SMILES string of the molecule is C=C1CC[C@@](C)([C@H](C)CC(=O)C[C@@]2(C(=O)O)C[C@H]3C[C@@H]4[C@@]5(C)CCC[C@@](C)(C(=O)O)[C@@H]5CC[C@]42C=C3C(C)C)[C@@]12CCC1=C2CC[C@@H]2[C@@H]1CCC(=O)C2(C)C. The molecule has 5 fully saturated rings. The third-order valence-corrected chi connectivity index (χ3v) is 20.0. The van der Waals surface area contributed by atoms with Gasteiger partial charge >= 0.3 is 11.9 Å². The van der Waals surface area contributed by atoms with Crippen molar-refractivity contribution in [2.24, 2.45) is 79.3 Å². The summed E-state index contributed by atoms with van der Waals surface area (Å²) in [6, 6.07) is 0. The number of aliphatic carboxylic acids is 2. The maximum atomic E-state index is 14.9. The fourth-order valence-electron chi connectivity index (χ4n) is 17.0. The third-order valence-electron chi connectivity index (χ3n) is 20.0. The molecule has 0 aromatic heterocycles. The molecule has 6 heteroatoms. The van der Waals surface area contributed by atoms with Gasteiger partial charge in [0.1, 0.15) is 11.6 Å². The van der Waals surface area contributed by atoms with Crippen molar-refractivity contribution in [1.29, 1.82) is 0 Å². The van der Waals surface area contributed by atoms with Crippen LogP contribution in [0.2, 0.25) is 0 Å². The molecule has 2 bridgehead atoms.